The molecule has 4 heterocycles. The van der Waals surface area contributed by atoms with Crippen molar-refractivity contribution < 1.29 is 13.7 Å². The molecule has 1 amide bonds. The van der Waals surface area contributed by atoms with E-state index in [1.165, 1.54) is 0 Å². The van der Waals surface area contributed by atoms with Gasteiger partial charge in [0.25, 0.3) is 5.91 Å². The minimum absolute atomic E-state index is 0.0224. The summed E-state index contributed by atoms with van der Waals surface area (Å²) in [6.45, 7) is 6.16. The summed E-state index contributed by atoms with van der Waals surface area (Å²) >= 11 is 0. The maximum atomic E-state index is 12.6. The Morgan fingerprint density at radius 1 is 1.14 bits per heavy atom. The summed E-state index contributed by atoms with van der Waals surface area (Å²) < 4.78 is 11.0. The van der Waals surface area contributed by atoms with Gasteiger partial charge >= 0.3 is 0 Å². The fraction of sp³-hybridized carbons (Fsp3) is 0.476. The minimum atomic E-state index is -0.0224. The van der Waals surface area contributed by atoms with Gasteiger partial charge in [-0.1, -0.05) is 17.3 Å². The largest absolute Gasteiger partial charge is 0.436 e. The Balaban J connectivity index is 1.17. The maximum Gasteiger partial charge on any atom is 0.291 e. The van der Waals surface area contributed by atoms with Gasteiger partial charge in [0, 0.05) is 44.3 Å². The molecule has 0 N–H and O–H groups in total. The highest BCUT2D eigenvalue weighted by Gasteiger charge is 2.30. The molecule has 0 spiro atoms. The second-order valence-corrected chi connectivity index (χ2v) is 7.73. The highest BCUT2D eigenvalue weighted by atomic mass is 16.5. The SMILES string of the molecule is Cc1nc2c(o1)C(=O)N(CCN1CCC(c3noc4ccccc34)CC1)CC2. The van der Waals surface area contributed by atoms with E-state index in [0.717, 1.165) is 74.3 Å². The van der Waals surface area contributed by atoms with Crippen LogP contribution in [0.1, 0.15) is 46.6 Å². The molecule has 7 nitrogen and oxygen atoms in total. The first-order chi connectivity index (χ1) is 13.7. The van der Waals surface area contributed by atoms with Crippen molar-refractivity contribution in [3.63, 3.8) is 0 Å². The van der Waals surface area contributed by atoms with Crippen molar-refractivity contribution in [2.75, 3.05) is 32.7 Å². The van der Waals surface area contributed by atoms with Crippen molar-refractivity contribution in [3.8, 4) is 0 Å². The minimum Gasteiger partial charge on any atom is -0.436 e. The highest BCUT2D eigenvalue weighted by Crippen LogP contribution is 2.32. The molecular formula is C21H24N4O3. The quantitative estimate of drug-likeness (QED) is 0.693. The Kier molecular flexibility index (Phi) is 4.39. The summed E-state index contributed by atoms with van der Waals surface area (Å²) in [5.41, 5.74) is 2.76. The summed E-state index contributed by atoms with van der Waals surface area (Å²) in [4.78, 5) is 21.2. The predicted molar refractivity (Wildman–Crippen MR) is 103 cm³/mol. The maximum absolute atomic E-state index is 12.6. The second-order valence-electron chi connectivity index (χ2n) is 7.73. The van der Waals surface area contributed by atoms with Gasteiger partial charge in [-0.25, -0.2) is 4.98 Å². The summed E-state index contributed by atoms with van der Waals surface area (Å²) in [6, 6.07) is 8.08. The smallest absolute Gasteiger partial charge is 0.291 e. The van der Waals surface area contributed by atoms with Crippen LogP contribution in [-0.2, 0) is 6.42 Å². The lowest BCUT2D eigenvalue weighted by molar-refractivity contribution is 0.0673. The molecule has 5 rings (SSSR count). The average molecular weight is 380 g/mol. The van der Waals surface area contributed by atoms with Crippen LogP contribution in [0.4, 0.5) is 0 Å². The zero-order chi connectivity index (χ0) is 19.1. The summed E-state index contributed by atoms with van der Waals surface area (Å²) in [7, 11) is 0. The summed E-state index contributed by atoms with van der Waals surface area (Å²) in [6.07, 6.45) is 2.91. The second kappa shape index (κ2) is 7.05. The van der Waals surface area contributed by atoms with Crippen LogP contribution in [0.25, 0.3) is 11.0 Å². The first-order valence-corrected chi connectivity index (χ1v) is 10.0. The molecule has 146 valence electrons. The number of hydrogen-bond acceptors (Lipinski definition) is 6. The van der Waals surface area contributed by atoms with E-state index in [1.807, 2.05) is 23.1 Å². The normalized spacial score (nSPS) is 18.8. The number of nitrogens with zero attached hydrogens (tertiary/aromatic N) is 4. The predicted octanol–water partition coefficient (Wildman–Crippen LogP) is 3.00. The number of amides is 1. The molecule has 0 aliphatic carbocycles. The van der Waals surface area contributed by atoms with Gasteiger partial charge in [-0.3, -0.25) is 4.79 Å². The van der Waals surface area contributed by atoms with Crippen molar-refractivity contribution in [1.29, 1.82) is 0 Å². The van der Waals surface area contributed by atoms with Crippen LogP contribution >= 0.6 is 0 Å². The molecule has 0 unspecified atom stereocenters. The summed E-state index contributed by atoms with van der Waals surface area (Å²) in [5.74, 6) is 1.42. The van der Waals surface area contributed by atoms with E-state index in [-0.39, 0.29) is 5.91 Å². The van der Waals surface area contributed by atoms with E-state index in [0.29, 0.717) is 17.6 Å². The fourth-order valence-corrected chi connectivity index (χ4v) is 4.40. The van der Waals surface area contributed by atoms with Crippen LogP contribution < -0.4 is 0 Å². The van der Waals surface area contributed by atoms with Crippen LogP contribution in [0.3, 0.4) is 0 Å². The number of benzene rings is 1. The molecule has 3 aromatic rings. The molecule has 0 saturated carbocycles. The standard InChI is InChI=1S/C21H24N4O3/c1-14-22-17-8-11-25(21(26)20(17)27-14)13-12-24-9-6-15(7-10-24)19-16-4-2-3-5-18(16)28-23-19/h2-5,15H,6-13H2,1H3. The Bertz CT molecular complexity index is 1000. The van der Waals surface area contributed by atoms with E-state index in [1.54, 1.807) is 6.92 Å². The van der Waals surface area contributed by atoms with Crippen molar-refractivity contribution >= 4 is 16.9 Å². The number of para-hydroxylation sites is 1. The Hall–Kier alpha value is -2.67. The third kappa shape index (κ3) is 3.09. The number of carbonyl (C=O) groups excluding carboxylic acids is 1. The molecule has 7 heteroatoms. The van der Waals surface area contributed by atoms with Crippen LogP contribution in [-0.4, -0.2) is 58.6 Å². The van der Waals surface area contributed by atoms with Crippen molar-refractivity contribution in [2.45, 2.75) is 32.1 Å². The van der Waals surface area contributed by atoms with E-state index in [2.05, 4.69) is 21.1 Å². The molecule has 1 saturated heterocycles. The van der Waals surface area contributed by atoms with Crippen LogP contribution in [0.5, 0.6) is 0 Å². The monoisotopic (exact) mass is 380 g/mol. The lowest BCUT2D eigenvalue weighted by atomic mass is 9.91. The van der Waals surface area contributed by atoms with Gasteiger partial charge in [-0.2, -0.15) is 0 Å². The third-order valence-corrected chi connectivity index (χ3v) is 5.97. The summed E-state index contributed by atoms with van der Waals surface area (Å²) in [5, 5.41) is 5.47. The first-order valence-electron chi connectivity index (χ1n) is 10.0. The Labute approximate surface area is 163 Å². The number of hydrogen-bond donors (Lipinski definition) is 0. The van der Waals surface area contributed by atoms with Crippen molar-refractivity contribution in [1.82, 2.24) is 19.9 Å². The van der Waals surface area contributed by atoms with Crippen LogP contribution in [0.2, 0.25) is 0 Å². The molecule has 0 atom stereocenters. The number of piperidine rings is 1. The van der Waals surface area contributed by atoms with Crippen molar-refractivity contribution in [2.24, 2.45) is 0 Å². The molecule has 2 aliphatic heterocycles. The van der Waals surface area contributed by atoms with Gasteiger partial charge < -0.3 is 18.7 Å². The molecule has 1 fully saturated rings. The Morgan fingerprint density at radius 2 is 1.96 bits per heavy atom. The topological polar surface area (TPSA) is 75.6 Å². The van der Waals surface area contributed by atoms with Crippen molar-refractivity contribution in [3.05, 3.63) is 47.3 Å². The number of likely N-dealkylation sites (tertiary alicyclic amines) is 1. The number of rotatable bonds is 4. The van der Waals surface area contributed by atoms with Gasteiger partial charge in [0.05, 0.1) is 11.4 Å². The van der Waals surface area contributed by atoms with Crippen LogP contribution in [0, 0.1) is 6.92 Å². The third-order valence-electron chi connectivity index (χ3n) is 5.97. The number of oxazole rings is 1. The number of fused-ring (bicyclic) bond motifs is 2. The lowest BCUT2D eigenvalue weighted by Crippen LogP contribution is -2.44. The molecular weight excluding hydrogens is 356 g/mol. The van der Waals surface area contributed by atoms with Gasteiger partial charge in [0.2, 0.25) is 5.76 Å². The molecule has 2 aromatic heterocycles. The van der Waals surface area contributed by atoms with E-state index < -0.39 is 0 Å². The van der Waals surface area contributed by atoms with E-state index in [4.69, 9.17) is 8.94 Å². The molecule has 1 aromatic carbocycles. The van der Waals surface area contributed by atoms with Gasteiger partial charge in [0.1, 0.15) is 0 Å². The molecule has 0 radical (unpaired) electrons. The van der Waals surface area contributed by atoms with E-state index in [9.17, 15) is 4.79 Å². The van der Waals surface area contributed by atoms with E-state index >= 15 is 0 Å². The van der Waals surface area contributed by atoms with Gasteiger partial charge in [-0.15, -0.1) is 0 Å². The number of carbonyl (C=O) groups is 1. The number of aromatic nitrogens is 2. The molecule has 0 bridgehead atoms. The molecule has 2 aliphatic rings. The first kappa shape index (κ1) is 17.4. The highest BCUT2D eigenvalue weighted by molar-refractivity contribution is 5.93. The lowest BCUT2D eigenvalue weighted by Gasteiger charge is -2.33. The van der Waals surface area contributed by atoms with Gasteiger partial charge in [0.15, 0.2) is 11.5 Å². The molecule has 28 heavy (non-hydrogen) atoms. The number of aryl methyl sites for hydroxylation is 1. The zero-order valence-corrected chi connectivity index (χ0v) is 16.1. The zero-order valence-electron chi connectivity index (χ0n) is 16.1. The average Bonchev–Trinajstić information content (AvgIpc) is 3.31. The fourth-order valence-electron chi connectivity index (χ4n) is 4.40. The Morgan fingerprint density at radius 3 is 2.82 bits per heavy atom. The van der Waals surface area contributed by atoms with Gasteiger partial charge in [-0.05, 0) is 38.1 Å². The van der Waals surface area contributed by atoms with Crippen LogP contribution in [0.15, 0.2) is 33.2 Å².